The van der Waals surface area contributed by atoms with Gasteiger partial charge < -0.3 is 40.0 Å². The lowest BCUT2D eigenvalue weighted by Crippen LogP contribution is -2.78. The second kappa shape index (κ2) is 9.52. The van der Waals surface area contributed by atoms with Crippen molar-refractivity contribution in [2.45, 2.75) is 107 Å². The molecule has 1 aromatic rings. The number of aliphatic hydroxyl groups is 4. The zero-order chi connectivity index (χ0) is 23.1. The molecule has 0 spiro atoms. The van der Waals surface area contributed by atoms with Gasteiger partial charge in [-0.05, 0) is 46.1 Å². The van der Waals surface area contributed by atoms with E-state index in [0.717, 1.165) is 17.8 Å². The molecule has 3 heterocycles. The Bertz CT molecular complexity index is 755. The number of nitrogens with one attached hydrogen (secondary N) is 1. The van der Waals surface area contributed by atoms with Crippen LogP contribution in [0.3, 0.4) is 0 Å². The van der Waals surface area contributed by atoms with Gasteiger partial charge in [-0.2, -0.15) is 0 Å². The molecule has 10 heteroatoms. The predicted molar refractivity (Wildman–Crippen MR) is 117 cm³/mol. The highest BCUT2D eigenvalue weighted by Gasteiger charge is 2.68. The van der Waals surface area contributed by atoms with Crippen LogP contribution < -0.4 is 5.32 Å². The molecule has 4 rings (SSSR count). The first-order valence-electron chi connectivity index (χ1n) is 11.6. The molecule has 3 fully saturated rings. The highest BCUT2D eigenvalue weighted by molar-refractivity contribution is 7.09. The van der Waals surface area contributed by atoms with E-state index in [2.05, 4.69) is 10.3 Å². The highest BCUT2D eigenvalue weighted by Crippen LogP contribution is 2.49. The minimum absolute atomic E-state index is 0.185. The predicted octanol–water partition coefficient (Wildman–Crippen LogP) is 0.544. The van der Waals surface area contributed by atoms with Gasteiger partial charge in [0.1, 0.15) is 17.8 Å². The van der Waals surface area contributed by atoms with Crippen molar-refractivity contribution >= 4 is 11.3 Å². The summed E-state index contributed by atoms with van der Waals surface area (Å²) >= 11 is 1.60. The molecular formula is C22H36N2O7S. The van der Waals surface area contributed by atoms with Crippen molar-refractivity contribution in [1.82, 2.24) is 10.3 Å². The molecule has 1 saturated carbocycles. The molecule has 0 amide bonds. The van der Waals surface area contributed by atoms with E-state index in [1.54, 1.807) is 24.6 Å². The Morgan fingerprint density at radius 3 is 2.62 bits per heavy atom. The maximum absolute atomic E-state index is 11.6. The van der Waals surface area contributed by atoms with Gasteiger partial charge in [-0.25, -0.2) is 4.98 Å². The van der Waals surface area contributed by atoms with Gasteiger partial charge in [-0.1, -0.05) is 6.92 Å². The zero-order valence-electron chi connectivity index (χ0n) is 18.9. The first-order valence-corrected chi connectivity index (χ1v) is 12.5. The molecule has 2 aliphatic heterocycles. The van der Waals surface area contributed by atoms with Crippen molar-refractivity contribution in [3.8, 4) is 0 Å². The van der Waals surface area contributed by atoms with Gasteiger partial charge in [-0.3, -0.25) is 0 Å². The first kappa shape index (κ1) is 24.4. The monoisotopic (exact) mass is 472 g/mol. The minimum Gasteiger partial charge on any atom is -0.391 e. The molecule has 0 aromatic carbocycles. The molecule has 182 valence electrons. The van der Waals surface area contributed by atoms with Crippen molar-refractivity contribution in [1.29, 1.82) is 0 Å². The Hall–Kier alpha value is -0.690. The third-order valence-electron chi connectivity index (χ3n) is 7.34. The van der Waals surface area contributed by atoms with Crippen molar-refractivity contribution in [3.63, 3.8) is 0 Å². The third-order valence-corrected chi connectivity index (χ3v) is 8.18. The van der Waals surface area contributed by atoms with E-state index in [9.17, 15) is 20.4 Å². The second-order valence-electron chi connectivity index (χ2n) is 9.39. The van der Waals surface area contributed by atoms with Crippen LogP contribution in [0.15, 0.2) is 11.6 Å². The fourth-order valence-corrected chi connectivity index (χ4v) is 6.27. The number of unbranched alkanes of at least 4 members (excludes halogenated alkanes) is 1. The molecule has 9 nitrogen and oxygen atoms in total. The van der Waals surface area contributed by atoms with Crippen LogP contribution in [-0.2, 0) is 20.6 Å². The number of likely N-dealkylation sites (N-methyl/N-ethyl adjacent to an activating group) is 1. The lowest BCUT2D eigenvalue weighted by atomic mass is 9.73. The summed E-state index contributed by atoms with van der Waals surface area (Å²) in [5, 5.41) is 51.0. The molecule has 1 aliphatic carbocycles. The smallest absolute Gasteiger partial charge is 0.248 e. The van der Waals surface area contributed by atoms with E-state index < -0.39 is 54.1 Å². The Balaban J connectivity index is 1.53. The van der Waals surface area contributed by atoms with Crippen molar-refractivity contribution in [2.75, 3.05) is 7.05 Å². The van der Waals surface area contributed by atoms with Crippen LogP contribution >= 0.6 is 11.3 Å². The van der Waals surface area contributed by atoms with Crippen molar-refractivity contribution in [2.24, 2.45) is 5.92 Å². The van der Waals surface area contributed by atoms with Gasteiger partial charge in [0, 0.05) is 23.9 Å². The third kappa shape index (κ3) is 4.14. The summed E-state index contributed by atoms with van der Waals surface area (Å²) in [6.45, 7) is 3.72. The summed E-state index contributed by atoms with van der Waals surface area (Å²) in [6, 6.07) is -0.577. The average molecular weight is 473 g/mol. The molecular weight excluding hydrogens is 436 g/mol. The number of aryl methyl sites for hydroxylation is 1. The van der Waals surface area contributed by atoms with Crippen molar-refractivity contribution < 1.29 is 34.6 Å². The molecule has 5 N–H and O–H groups in total. The van der Waals surface area contributed by atoms with Crippen LogP contribution in [0.5, 0.6) is 0 Å². The topological polar surface area (TPSA) is 134 Å². The number of thiazole rings is 1. The molecule has 0 unspecified atom stereocenters. The number of rotatable bonds is 7. The van der Waals surface area contributed by atoms with E-state index in [-0.39, 0.29) is 12.5 Å². The standard InChI is InChI=1S/C22H36N2O7S/c1-4-13-16(25)15(23-3)18-19(17(13)26)30-20-22(28,31-18)21(27,11-12(2)29-20)8-6-5-7-14-24-9-10-32-14/h9-10,12-13,15-20,23,25-28H,4-8,11H2,1-3H3/t12-,13-,15+,16+,17+,18-,19-,20+,21+,22-/m1/s1. The normalized spacial score (nSPS) is 46.5. The summed E-state index contributed by atoms with van der Waals surface area (Å²) in [6.07, 6.45) is -0.0310. The van der Waals surface area contributed by atoms with Crippen molar-refractivity contribution in [3.05, 3.63) is 16.6 Å². The number of hydrogen-bond acceptors (Lipinski definition) is 10. The van der Waals surface area contributed by atoms with Crippen LogP contribution in [0.1, 0.15) is 51.0 Å². The molecule has 3 aliphatic rings. The molecule has 2 saturated heterocycles. The van der Waals surface area contributed by atoms with E-state index >= 15 is 0 Å². The first-order chi connectivity index (χ1) is 15.2. The summed E-state index contributed by atoms with van der Waals surface area (Å²) < 4.78 is 18.1. The van der Waals surface area contributed by atoms with E-state index in [1.165, 1.54) is 0 Å². The Kier molecular flexibility index (Phi) is 7.27. The highest BCUT2D eigenvalue weighted by atomic mass is 32.1. The van der Waals surface area contributed by atoms with E-state index in [0.29, 0.717) is 19.3 Å². The maximum atomic E-state index is 11.6. The lowest BCUT2D eigenvalue weighted by Gasteiger charge is -2.60. The van der Waals surface area contributed by atoms with Crippen LogP contribution in [0.4, 0.5) is 0 Å². The van der Waals surface area contributed by atoms with Gasteiger partial charge in [-0.15, -0.1) is 11.3 Å². The lowest BCUT2D eigenvalue weighted by molar-refractivity contribution is -0.485. The largest absolute Gasteiger partial charge is 0.391 e. The van der Waals surface area contributed by atoms with E-state index in [1.807, 2.05) is 19.2 Å². The Morgan fingerprint density at radius 1 is 1.19 bits per heavy atom. The molecule has 10 atom stereocenters. The fraction of sp³-hybridized carbons (Fsp3) is 0.864. The zero-order valence-corrected chi connectivity index (χ0v) is 19.7. The summed E-state index contributed by atoms with van der Waals surface area (Å²) in [4.78, 5) is 4.29. The van der Waals surface area contributed by atoms with E-state index in [4.69, 9.17) is 14.2 Å². The molecule has 32 heavy (non-hydrogen) atoms. The minimum atomic E-state index is -2.12. The number of ether oxygens (including phenoxy) is 3. The Morgan fingerprint density at radius 2 is 1.97 bits per heavy atom. The van der Waals surface area contributed by atoms with Gasteiger partial charge in [0.15, 0.2) is 0 Å². The quantitative estimate of drug-likeness (QED) is 0.361. The average Bonchev–Trinajstić information content (AvgIpc) is 3.26. The number of hydrogen-bond donors (Lipinski definition) is 5. The summed E-state index contributed by atoms with van der Waals surface area (Å²) in [5.41, 5.74) is -1.60. The van der Waals surface area contributed by atoms with Gasteiger partial charge in [0.05, 0.1) is 29.4 Å². The van der Waals surface area contributed by atoms with Crippen LogP contribution in [0, 0.1) is 5.92 Å². The summed E-state index contributed by atoms with van der Waals surface area (Å²) in [5.74, 6) is -2.52. The Labute approximate surface area is 192 Å². The van der Waals surface area contributed by atoms with Crippen LogP contribution in [0.2, 0.25) is 0 Å². The van der Waals surface area contributed by atoms with Crippen LogP contribution in [-0.4, -0.2) is 86.7 Å². The number of aliphatic hydroxyl groups excluding tert-OH is 2. The number of fused-ring (bicyclic) bond motifs is 2. The van der Waals surface area contributed by atoms with Gasteiger partial charge >= 0.3 is 0 Å². The second-order valence-corrected chi connectivity index (χ2v) is 10.4. The number of nitrogens with zero attached hydrogens (tertiary/aromatic N) is 1. The molecule has 0 radical (unpaired) electrons. The summed E-state index contributed by atoms with van der Waals surface area (Å²) in [7, 11) is 1.69. The maximum Gasteiger partial charge on any atom is 0.248 e. The number of aromatic nitrogens is 1. The van der Waals surface area contributed by atoms with Gasteiger partial charge in [0.25, 0.3) is 0 Å². The molecule has 1 aromatic heterocycles. The SMILES string of the molecule is CC[C@@H]1[C@H](O)[C@H](NC)[C@H]2O[C@]3(O)[C@H](O[C@@H]2[C@H]1O)O[C@H](C)C[C@@]3(O)CCCCc1nccs1. The fourth-order valence-electron chi connectivity index (χ4n) is 5.60. The van der Waals surface area contributed by atoms with Gasteiger partial charge in [0.2, 0.25) is 12.1 Å². The van der Waals surface area contributed by atoms with Crippen LogP contribution in [0.25, 0.3) is 0 Å². The molecule has 0 bridgehead atoms.